The van der Waals surface area contributed by atoms with Crippen molar-refractivity contribution in [2.75, 3.05) is 18.0 Å². The monoisotopic (exact) mass is 316 g/mol. The molecule has 114 valence electrons. The Morgan fingerprint density at radius 1 is 1.23 bits per heavy atom. The summed E-state index contributed by atoms with van der Waals surface area (Å²) in [5.41, 5.74) is 3.26. The molecule has 2 aromatic rings. The molecule has 2 aliphatic heterocycles. The van der Waals surface area contributed by atoms with Crippen LogP contribution in [0.4, 0.5) is 11.4 Å². The average Bonchev–Trinajstić information content (AvgIpc) is 2.81. The molecule has 2 aliphatic rings. The van der Waals surface area contributed by atoms with E-state index in [0.717, 1.165) is 30.0 Å². The highest BCUT2D eigenvalue weighted by Crippen LogP contribution is 2.35. The van der Waals surface area contributed by atoms with E-state index < -0.39 is 0 Å². The van der Waals surface area contributed by atoms with E-state index in [-0.39, 0.29) is 5.56 Å². The highest BCUT2D eigenvalue weighted by atomic mass is 35.5. The number of piperidine rings is 1. The first-order valence-electron chi connectivity index (χ1n) is 7.57. The van der Waals surface area contributed by atoms with Crippen LogP contribution in [0.1, 0.15) is 24.8 Å². The summed E-state index contributed by atoms with van der Waals surface area (Å²) in [6.07, 6.45) is 3.72. The van der Waals surface area contributed by atoms with Gasteiger partial charge in [0.1, 0.15) is 5.35 Å². The molecule has 22 heavy (non-hydrogen) atoms. The molecular formula is C16H17ClN4O. The first-order chi connectivity index (χ1) is 10.6. The summed E-state index contributed by atoms with van der Waals surface area (Å²) in [6, 6.07) is 4.09. The SMILES string of the molecule is C=c1c(=O)[nH]c2n1Cc1c(Cl)cc(N3CCCCC3)cc1N=2. The van der Waals surface area contributed by atoms with E-state index in [4.69, 9.17) is 11.6 Å². The summed E-state index contributed by atoms with van der Waals surface area (Å²) >= 11 is 6.48. The fourth-order valence-corrected chi connectivity index (χ4v) is 3.49. The number of benzene rings is 1. The molecule has 0 spiro atoms. The average molecular weight is 317 g/mol. The van der Waals surface area contributed by atoms with E-state index in [0.29, 0.717) is 22.5 Å². The van der Waals surface area contributed by atoms with Gasteiger partial charge in [-0.25, -0.2) is 4.99 Å². The van der Waals surface area contributed by atoms with Gasteiger partial charge in [-0.3, -0.25) is 9.78 Å². The van der Waals surface area contributed by atoms with Crippen molar-refractivity contribution in [3.63, 3.8) is 0 Å². The van der Waals surface area contributed by atoms with Gasteiger partial charge in [-0.15, -0.1) is 0 Å². The molecule has 1 aromatic heterocycles. The number of imidazole rings is 1. The summed E-state index contributed by atoms with van der Waals surface area (Å²) in [5, 5.41) is 1.12. The molecule has 3 heterocycles. The molecule has 1 N–H and O–H groups in total. The number of hydrogen-bond donors (Lipinski definition) is 1. The lowest BCUT2D eigenvalue weighted by Gasteiger charge is -2.30. The number of aromatic amines is 1. The lowest BCUT2D eigenvalue weighted by Crippen LogP contribution is -2.33. The van der Waals surface area contributed by atoms with Gasteiger partial charge >= 0.3 is 0 Å². The number of nitrogens with zero attached hydrogens (tertiary/aromatic N) is 3. The van der Waals surface area contributed by atoms with Crippen LogP contribution in [0.3, 0.4) is 0 Å². The molecule has 0 atom stereocenters. The highest BCUT2D eigenvalue weighted by Gasteiger charge is 2.19. The first kappa shape index (κ1) is 13.6. The Labute approximate surface area is 132 Å². The fourth-order valence-electron chi connectivity index (χ4n) is 3.22. The van der Waals surface area contributed by atoms with E-state index >= 15 is 0 Å². The van der Waals surface area contributed by atoms with Gasteiger partial charge in [-0.2, -0.15) is 0 Å². The molecule has 1 saturated heterocycles. The number of halogens is 1. The minimum Gasteiger partial charge on any atom is -0.371 e. The Bertz CT molecular complexity index is 905. The van der Waals surface area contributed by atoms with Gasteiger partial charge in [0.15, 0.2) is 0 Å². The minimum atomic E-state index is -0.195. The van der Waals surface area contributed by atoms with Crippen LogP contribution in [0, 0.1) is 0 Å². The van der Waals surface area contributed by atoms with Crippen LogP contribution < -0.4 is 21.4 Å². The number of aromatic nitrogens is 2. The van der Waals surface area contributed by atoms with Crippen LogP contribution in [0.5, 0.6) is 0 Å². The number of fused-ring (bicyclic) bond motifs is 2. The van der Waals surface area contributed by atoms with Crippen molar-refractivity contribution >= 4 is 29.6 Å². The van der Waals surface area contributed by atoms with Crippen molar-refractivity contribution in [1.82, 2.24) is 9.55 Å². The maximum Gasteiger partial charge on any atom is 0.274 e. The van der Waals surface area contributed by atoms with Gasteiger partial charge in [0.05, 0.1) is 12.2 Å². The first-order valence-corrected chi connectivity index (χ1v) is 7.95. The lowest BCUT2D eigenvalue weighted by molar-refractivity contribution is 0.577. The molecule has 0 bridgehead atoms. The molecule has 0 aliphatic carbocycles. The zero-order valence-corrected chi connectivity index (χ0v) is 13.0. The van der Waals surface area contributed by atoms with Crippen LogP contribution in [0.2, 0.25) is 5.02 Å². The lowest BCUT2D eigenvalue weighted by atomic mass is 10.1. The second-order valence-electron chi connectivity index (χ2n) is 5.90. The Hall–Kier alpha value is -2.01. The van der Waals surface area contributed by atoms with Gasteiger partial charge in [0, 0.05) is 29.4 Å². The van der Waals surface area contributed by atoms with E-state index in [9.17, 15) is 4.79 Å². The van der Waals surface area contributed by atoms with Gasteiger partial charge in [-0.1, -0.05) is 18.2 Å². The fraction of sp³-hybridized carbons (Fsp3) is 0.375. The molecule has 0 radical (unpaired) electrons. The summed E-state index contributed by atoms with van der Waals surface area (Å²) in [5.74, 6) is 0. The maximum absolute atomic E-state index is 11.7. The maximum atomic E-state index is 11.7. The molecule has 4 rings (SSSR count). The smallest absolute Gasteiger partial charge is 0.274 e. The van der Waals surface area contributed by atoms with Crippen LogP contribution in [-0.2, 0) is 6.54 Å². The van der Waals surface area contributed by atoms with E-state index in [1.165, 1.54) is 19.3 Å². The normalized spacial score (nSPS) is 16.9. The molecule has 0 amide bonds. The quantitative estimate of drug-likeness (QED) is 0.740. The predicted molar refractivity (Wildman–Crippen MR) is 87.6 cm³/mol. The third kappa shape index (κ3) is 2.08. The van der Waals surface area contributed by atoms with Crippen molar-refractivity contribution in [2.24, 2.45) is 4.99 Å². The van der Waals surface area contributed by atoms with E-state index in [2.05, 4.69) is 27.5 Å². The molecule has 1 aromatic carbocycles. The Morgan fingerprint density at radius 2 is 2.00 bits per heavy atom. The zero-order valence-electron chi connectivity index (χ0n) is 12.2. The third-order valence-electron chi connectivity index (χ3n) is 4.49. The number of anilines is 1. The van der Waals surface area contributed by atoms with Crippen molar-refractivity contribution in [3.05, 3.63) is 44.0 Å². The number of rotatable bonds is 1. The van der Waals surface area contributed by atoms with Gasteiger partial charge in [0.2, 0.25) is 5.62 Å². The van der Waals surface area contributed by atoms with Crippen molar-refractivity contribution in [3.8, 4) is 0 Å². The van der Waals surface area contributed by atoms with Crippen LogP contribution in [0.25, 0.3) is 6.58 Å². The molecular weight excluding hydrogens is 300 g/mol. The second kappa shape index (κ2) is 5.02. The molecule has 0 unspecified atom stereocenters. The van der Waals surface area contributed by atoms with Crippen molar-refractivity contribution in [1.29, 1.82) is 0 Å². The summed E-state index contributed by atoms with van der Waals surface area (Å²) in [7, 11) is 0. The summed E-state index contributed by atoms with van der Waals surface area (Å²) in [6.45, 7) is 6.45. The largest absolute Gasteiger partial charge is 0.371 e. The van der Waals surface area contributed by atoms with Gasteiger partial charge in [0.25, 0.3) is 5.56 Å². The molecule has 6 heteroatoms. The topological polar surface area (TPSA) is 53.4 Å². The highest BCUT2D eigenvalue weighted by molar-refractivity contribution is 6.32. The molecule has 5 nitrogen and oxygen atoms in total. The van der Waals surface area contributed by atoms with Crippen molar-refractivity contribution < 1.29 is 0 Å². The Balaban J connectivity index is 1.85. The zero-order chi connectivity index (χ0) is 15.3. The van der Waals surface area contributed by atoms with Crippen LogP contribution in [-0.4, -0.2) is 22.6 Å². The third-order valence-corrected chi connectivity index (χ3v) is 4.83. The Morgan fingerprint density at radius 3 is 2.77 bits per heavy atom. The second-order valence-corrected chi connectivity index (χ2v) is 6.30. The number of nitrogens with one attached hydrogen (secondary N) is 1. The van der Waals surface area contributed by atoms with Gasteiger partial charge < -0.3 is 9.47 Å². The number of H-pyrrole nitrogens is 1. The van der Waals surface area contributed by atoms with Gasteiger partial charge in [-0.05, 0) is 31.4 Å². The summed E-state index contributed by atoms with van der Waals surface area (Å²) < 4.78 is 1.77. The van der Waals surface area contributed by atoms with Crippen molar-refractivity contribution in [2.45, 2.75) is 25.8 Å². The van der Waals surface area contributed by atoms with E-state index in [1.54, 1.807) is 4.57 Å². The summed E-state index contributed by atoms with van der Waals surface area (Å²) in [4.78, 5) is 21.4. The number of hydrogen-bond acceptors (Lipinski definition) is 3. The standard InChI is InChI=1S/C16H17ClN4O/c1-10-15(22)19-16-18-14-8-11(20-5-3-2-4-6-20)7-13(17)12(14)9-21(10)16/h7-8H,1-6,9H2,(H,18,19,22). The Kier molecular flexibility index (Phi) is 3.11. The molecule has 0 saturated carbocycles. The minimum absolute atomic E-state index is 0.195. The molecule has 1 fully saturated rings. The van der Waals surface area contributed by atoms with Crippen LogP contribution in [0.15, 0.2) is 21.9 Å². The predicted octanol–water partition coefficient (Wildman–Crippen LogP) is 1.54. The van der Waals surface area contributed by atoms with E-state index in [1.807, 2.05) is 6.07 Å². The van der Waals surface area contributed by atoms with Crippen LogP contribution >= 0.6 is 11.6 Å².